The minimum Gasteiger partial charge on any atom is -0.478 e. The van der Waals surface area contributed by atoms with Gasteiger partial charge in [-0.25, -0.2) is 9.78 Å². The van der Waals surface area contributed by atoms with E-state index < -0.39 is 5.97 Å². The molecule has 1 aromatic carbocycles. The van der Waals surface area contributed by atoms with Crippen LogP contribution in [0.1, 0.15) is 15.9 Å². The smallest absolute Gasteiger partial charge is 0.335 e. The molecule has 0 unspecified atom stereocenters. The van der Waals surface area contributed by atoms with Gasteiger partial charge in [0.05, 0.1) is 16.6 Å². The van der Waals surface area contributed by atoms with Crippen molar-refractivity contribution < 1.29 is 9.90 Å². The number of nitrogens with zero attached hydrogens (tertiary/aromatic N) is 2. The van der Waals surface area contributed by atoms with Crippen molar-refractivity contribution in [2.24, 2.45) is 7.05 Å². The first kappa shape index (κ1) is 11.9. The Morgan fingerprint density at radius 2 is 2.16 bits per heavy atom. The molecule has 0 spiro atoms. The lowest BCUT2D eigenvalue weighted by atomic mass is 10.2. The number of aromatic nitrogens is 2. The van der Waals surface area contributed by atoms with E-state index in [0.29, 0.717) is 5.52 Å². The van der Waals surface area contributed by atoms with Gasteiger partial charge in [-0.15, -0.1) is 0 Å². The fraction of sp³-hybridized carbons (Fsp3) is 0.143. The van der Waals surface area contributed by atoms with E-state index in [4.69, 9.17) is 5.11 Å². The van der Waals surface area contributed by atoms with E-state index in [1.807, 2.05) is 18.5 Å². The van der Waals surface area contributed by atoms with Gasteiger partial charge in [-0.2, -0.15) is 11.3 Å². The Morgan fingerprint density at radius 3 is 2.79 bits per heavy atom. The van der Waals surface area contributed by atoms with Gasteiger partial charge >= 0.3 is 5.97 Å². The number of imidazole rings is 1. The Bertz CT molecular complexity index is 786. The Labute approximate surface area is 113 Å². The molecule has 0 saturated heterocycles. The average molecular weight is 272 g/mol. The number of aromatic carboxylic acids is 1. The molecule has 2 aromatic heterocycles. The lowest BCUT2D eigenvalue weighted by molar-refractivity contribution is 0.0697. The van der Waals surface area contributed by atoms with Gasteiger partial charge in [0.25, 0.3) is 0 Å². The van der Waals surface area contributed by atoms with Crippen molar-refractivity contribution in [2.75, 3.05) is 0 Å². The molecule has 0 aliphatic heterocycles. The second-order valence-corrected chi connectivity index (χ2v) is 5.22. The molecule has 0 saturated carbocycles. The van der Waals surface area contributed by atoms with E-state index in [9.17, 15) is 4.79 Å². The van der Waals surface area contributed by atoms with Gasteiger partial charge in [-0.05, 0) is 36.1 Å². The van der Waals surface area contributed by atoms with Crippen molar-refractivity contribution in [2.45, 2.75) is 6.92 Å². The third-order valence-corrected chi connectivity index (χ3v) is 4.09. The summed E-state index contributed by atoms with van der Waals surface area (Å²) in [4.78, 5) is 15.6. The molecule has 1 N–H and O–H groups in total. The number of benzene rings is 1. The average Bonchev–Trinajstić information content (AvgIpc) is 2.93. The van der Waals surface area contributed by atoms with Crippen LogP contribution < -0.4 is 0 Å². The van der Waals surface area contributed by atoms with Crippen LogP contribution in [0.4, 0.5) is 0 Å². The van der Waals surface area contributed by atoms with Crippen LogP contribution in [-0.4, -0.2) is 20.6 Å². The Kier molecular flexibility index (Phi) is 2.64. The Balaban J connectivity index is 2.26. The molecule has 0 aliphatic carbocycles. The highest BCUT2D eigenvalue weighted by Crippen LogP contribution is 2.29. The number of aryl methyl sites for hydroxylation is 2. The van der Waals surface area contributed by atoms with Gasteiger partial charge in [0.2, 0.25) is 0 Å². The normalized spacial score (nSPS) is 11.1. The second-order valence-electron chi connectivity index (χ2n) is 4.47. The number of hydrogen-bond donors (Lipinski definition) is 1. The molecular weight excluding hydrogens is 260 g/mol. The summed E-state index contributed by atoms with van der Waals surface area (Å²) in [7, 11) is 1.95. The predicted molar refractivity (Wildman–Crippen MR) is 75.7 cm³/mol. The summed E-state index contributed by atoms with van der Waals surface area (Å²) in [6.45, 7) is 2.05. The van der Waals surface area contributed by atoms with Crippen LogP contribution in [0.25, 0.3) is 22.4 Å². The van der Waals surface area contributed by atoms with Crippen LogP contribution in [0.15, 0.2) is 29.0 Å². The molecule has 0 fully saturated rings. The van der Waals surface area contributed by atoms with Crippen LogP contribution in [0, 0.1) is 6.92 Å². The third-order valence-electron chi connectivity index (χ3n) is 3.22. The molecule has 0 radical (unpaired) electrons. The zero-order valence-corrected chi connectivity index (χ0v) is 11.4. The summed E-state index contributed by atoms with van der Waals surface area (Å²) in [6.07, 6.45) is 0. The predicted octanol–water partition coefficient (Wildman–Crippen LogP) is 3.31. The standard InChI is InChI=1S/C14H12N2O2S/c1-8-6-19-7-10(8)13-15-11-5-9(14(17)18)3-4-12(11)16(13)2/h3-7H,1-2H3,(H,17,18). The summed E-state index contributed by atoms with van der Waals surface area (Å²) >= 11 is 1.64. The molecule has 0 atom stereocenters. The van der Waals surface area contributed by atoms with Gasteiger partial charge < -0.3 is 9.67 Å². The van der Waals surface area contributed by atoms with Crippen molar-refractivity contribution in [1.29, 1.82) is 0 Å². The maximum absolute atomic E-state index is 11.0. The molecule has 0 amide bonds. The van der Waals surface area contributed by atoms with E-state index in [1.165, 1.54) is 5.56 Å². The number of rotatable bonds is 2. The summed E-state index contributed by atoms with van der Waals surface area (Å²) in [6, 6.07) is 5.02. The molecule has 2 heterocycles. The van der Waals surface area contributed by atoms with E-state index >= 15 is 0 Å². The molecule has 4 nitrogen and oxygen atoms in total. The molecular formula is C14H12N2O2S. The van der Waals surface area contributed by atoms with Crippen molar-refractivity contribution in [3.63, 3.8) is 0 Å². The second kappa shape index (κ2) is 4.20. The lowest BCUT2D eigenvalue weighted by Gasteiger charge is -2.01. The van der Waals surface area contributed by atoms with Crippen molar-refractivity contribution >= 4 is 28.3 Å². The lowest BCUT2D eigenvalue weighted by Crippen LogP contribution is -1.95. The highest BCUT2D eigenvalue weighted by Gasteiger charge is 2.14. The first-order valence-corrected chi connectivity index (χ1v) is 6.75. The Morgan fingerprint density at radius 1 is 1.37 bits per heavy atom. The summed E-state index contributed by atoms with van der Waals surface area (Å²) in [5, 5.41) is 13.2. The minimum absolute atomic E-state index is 0.263. The summed E-state index contributed by atoms with van der Waals surface area (Å²) in [5.41, 5.74) is 4.19. The maximum Gasteiger partial charge on any atom is 0.335 e. The number of carboxylic acid groups (broad SMARTS) is 1. The van der Waals surface area contributed by atoms with Gasteiger partial charge in [0.1, 0.15) is 5.82 Å². The molecule has 3 aromatic rings. The van der Waals surface area contributed by atoms with E-state index in [2.05, 4.69) is 15.7 Å². The highest BCUT2D eigenvalue weighted by atomic mass is 32.1. The first-order valence-electron chi connectivity index (χ1n) is 5.81. The minimum atomic E-state index is -0.930. The van der Waals surface area contributed by atoms with Gasteiger partial charge in [0.15, 0.2) is 0 Å². The molecule has 96 valence electrons. The van der Waals surface area contributed by atoms with Crippen LogP contribution >= 0.6 is 11.3 Å². The van der Waals surface area contributed by atoms with Crippen LogP contribution in [0.2, 0.25) is 0 Å². The van der Waals surface area contributed by atoms with Crippen molar-refractivity contribution in [1.82, 2.24) is 9.55 Å². The largest absolute Gasteiger partial charge is 0.478 e. The topological polar surface area (TPSA) is 55.1 Å². The fourth-order valence-corrected chi connectivity index (χ4v) is 2.99. The van der Waals surface area contributed by atoms with E-state index in [1.54, 1.807) is 29.5 Å². The summed E-state index contributed by atoms with van der Waals surface area (Å²) < 4.78 is 2.00. The molecule has 3 rings (SSSR count). The molecule has 19 heavy (non-hydrogen) atoms. The van der Waals surface area contributed by atoms with Gasteiger partial charge in [-0.1, -0.05) is 0 Å². The highest BCUT2D eigenvalue weighted by molar-refractivity contribution is 7.08. The summed E-state index contributed by atoms with van der Waals surface area (Å²) in [5.74, 6) is -0.0582. The number of hydrogen-bond acceptors (Lipinski definition) is 3. The molecule has 0 aliphatic rings. The first-order chi connectivity index (χ1) is 9.08. The van der Waals surface area contributed by atoms with Crippen LogP contribution in [-0.2, 0) is 7.05 Å². The fourth-order valence-electron chi connectivity index (χ4n) is 2.16. The maximum atomic E-state index is 11.0. The van der Waals surface area contributed by atoms with Crippen molar-refractivity contribution in [3.8, 4) is 11.4 Å². The van der Waals surface area contributed by atoms with E-state index in [-0.39, 0.29) is 5.56 Å². The number of fused-ring (bicyclic) bond motifs is 1. The molecule has 5 heteroatoms. The quantitative estimate of drug-likeness (QED) is 0.778. The van der Waals surface area contributed by atoms with Crippen LogP contribution in [0.3, 0.4) is 0 Å². The van der Waals surface area contributed by atoms with Crippen LogP contribution in [0.5, 0.6) is 0 Å². The SMILES string of the molecule is Cc1cscc1-c1nc2cc(C(=O)O)ccc2n1C. The van der Waals surface area contributed by atoms with Crippen molar-refractivity contribution in [3.05, 3.63) is 40.1 Å². The number of thiophene rings is 1. The zero-order chi connectivity index (χ0) is 13.6. The Hall–Kier alpha value is -2.14. The number of carbonyl (C=O) groups is 1. The number of carboxylic acids is 1. The third kappa shape index (κ3) is 1.82. The monoisotopic (exact) mass is 272 g/mol. The van der Waals surface area contributed by atoms with Gasteiger partial charge in [-0.3, -0.25) is 0 Å². The molecule has 0 bridgehead atoms. The zero-order valence-electron chi connectivity index (χ0n) is 10.5. The van der Waals surface area contributed by atoms with E-state index in [0.717, 1.165) is 16.9 Å². The van der Waals surface area contributed by atoms with Gasteiger partial charge in [0, 0.05) is 18.0 Å².